The van der Waals surface area contributed by atoms with Crippen LogP contribution in [-0.4, -0.2) is 41.7 Å². The lowest BCUT2D eigenvalue weighted by Gasteiger charge is -2.17. The molecule has 0 atom stereocenters. The van der Waals surface area contributed by atoms with Crippen molar-refractivity contribution in [2.45, 2.75) is 39.2 Å². The number of rotatable bonds is 2. The van der Waals surface area contributed by atoms with E-state index in [0.29, 0.717) is 0 Å². The zero-order chi connectivity index (χ0) is 7.82. The maximum absolute atomic E-state index is 8.45. The van der Waals surface area contributed by atoms with Crippen LogP contribution in [0.5, 0.6) is 0 Å². The standard InChI is InChI=1S/C4H11N.C4H8O.Al.3H/c1-3-5-4-2;5-4-2-1-3-4;;;;/h5H,3-4H2,1-2H3;4-5H,1-3H2;;;;. The minimum atomic E-state index is 0. The van der Waals surface area contributed by atoms with Gasteiger partial charge in [-0.05, 0) is 32.4 Å². The molecule has 0 radical (unpaired) electrons. The molecule has 1 rings (SSSR count). The lowest BCUT2D eigenvalue weighted by Crippen LogP contribution is -2.15. The van der Waals surface area contributed by atoms with Crippen molar-refractivity contribution in [2.24, 2.45) is 0 Å². The number of aliphatic hydroxyl groups excluding tert-OH is 1. The number of hydrogen-bond donors (Lipinski definition) is 2. The number of aliphatic hydroxyl groups is 1. The largest absolute Gasteiger partial charge is 0.393 e. The number of hydrogen-bond acceptors (Lipinski definition) is 2. The molecule has 1 fully saturated rings. The van der Waals surface area contributed by atoms with E-state index in [1.807, 2.05) is 0 Å². The van der Waals surface area contributed by atoms with Crippen LogP contribution < -0.4 is 5.32 Å². The predicted octanol–water partition coefficient (Wildman–Crippen LogP) is -0.0369. The van der Waals surface area contributed by atoms with E-state index in [0.717, 1.165) is 25.9 Å². The SMILES string of the molecule is CCNCC.OC1CCC1.[AlH3]. The summed E-state index contributed by atoms with van der Waals surface area (Å²) < 4.78 is 0. The highest BCUT2D eigenvalue weighted by atomic mass is 27.0. The Bertz CT molecular complexity index is 65.1. The van der Waals surface area contributed by atoms with Crippen LogP contribution in [0.2, 0.25) is 0 Å². The highest BCUT2D eigenvalue weighted by Gasteiger charge is 2.11. The van der Waals surface area contributed by atoms with Crippen LogP contribution in [-0.2, 0) is 0 Å². The van der Waals surface area contributed by atoms with Crippen LogP contribution >= 0.6 is 0 Å². The zero-order valence-corrected chi connectivity index (χ0v) is 7.06. The van der Waals surface area contributed by atoms with Crippen LogP contribution in [0, 0.1) is 0 Å². The minimum absolute atomic E-state index is 0. The maximum Gasteiger partial charge on any atom is 0.187 e. The zero-order valence-electron chi connectivity index (χ0n) is 7.06. The van der Waals surface area contributed by atoms with Gasteiger partial charge in [0.15, 0.2) is 17.4 Å². The van der Waals surface area contributed by atoms with Crippen molar-refractivity contribution in [2.75, 3.05) is 13.1 Å². The minimum Gasteiger partial charge on any atom is -0.393 e. The first-order valence-electron chi connectivity index (χ1n) is 4.20. The molecule has 11 heavy (non-hydrogen) atoms. The molecule has 0 saturated heterocycles. The summed E-state index contributed by atoms with van der Waals surface area (Å²) in [4.78, 5) is 0. The highest BCUT2D eigenvalue weighted by Crippen LogP contribution is 2.16. The van der Waals surface area contributed by atoms with Crippen molar-refractivity contribution < 1.29 is 5.11 Å². The van der Waals surface area contributed by atoms with E-state index >= 15 is 0 Å². The summed E-state index contributed by atoms with van der Waals surface area (Å²) in [5, 5.41) is 11.6. The van der Waals surface area contributed by atoms with E-state index in [4.69, 9.17) is 5.11 Å². The molecule has 0 aliphatic heterocycles. The molecule has 0 spiro atoms. The molecule has 0 heterocycles. The maximum atomic E-state index is 8.45. The van der Waals surface area contributed by atoms with Gasteiger partial charge in [0.2, 0.25) is 0 Å². The van der Waals surface area contributed by atoms with Gasteiger partial charge in [-0.2, -0.15) is 0 Å². The average Bonchev–Trinajstić information content (AvgIpc) is 1.87. The van der Waals surface area contributed by atoms with E-state index in [9.17, 15) is 0 Å². The molecule has 0 aromatic rings. The normalized spacial score (nSPS) is 15.5. The molecule has 0 aromatic carbocycles. The third-order valence-corrected chi connectivity index (χ3v) is 1.57. The van der Waals surface area contributed by atoms with Gasteiger partial charge >= 0.3 is 0 Å². The summed E-state index contributed by atoms with van der Waals surface area (Å²) in [6, 6.07) is 0. The second-order valence-electron chi connectivity index (χ2n) is 2.54. The quantitative estimate of drug-likeness (QED) is 0.577. The van der Waals surface area contributed by atoms with Gasteiger partial charge in [0.1, 0.15) is 0 Å². The first-order valence-corrected chi connectivity index (χ1v) is 4.20. The predicted molar refractivity (Wildman–Crippen MR) is 54.0 cm³/mol. The molecule has 2 nitrogen and oxygen atoms in total. The summed E-state index contributed by atoms with van der Waals surface area (Å²) in [5.74, 6) is 0. The molecular weight excluding hydrogens is 153 g/mol. The Kier molecular flexibility index (Phi) is 13.3. The Labute approximate surface area is 80.5 Å². The molecular formula is C8H22AlNO. The van der Waals surface area contributed by atoms with Crippen LogP contribution in [0.15, 0.2) is 0 Å². The fraction of sp³-hybridized carbons (Fsp3) is 1.00. The Balaban J connectivity index is 0. The molecule has 1 aliphatic rings. The fourth-order valence-corrected chi connectivity index (χ4v) is 0.637. The van der Waals surface area contributed by atoms with Crippen LogP contribution in [0.1, 0.15) is 33.1 Å². The first kappa shape index (κ1) is 14.0. The van der Waals surface area contributed by atoms with Gasteiger partial charge in [0.25, 0.3) is 0 Å². The topological polar surface area (TPSA) is 32.3 Å². The lowest BCUT2D eigenvalue weighted by atomic mass is 9.97. The molecule has 2 N–H and O–H groups in total. The average molecular weight is 175 g/mol. The van der Waals surface area contributed by atoms with Crippen molar-refractivity contribution >= 4 is 17.4 Å². The van der Waals surface area contributed by atoms with E-state index in [1.165, 1.54) is 6.42 Å². The summed E-state index contributed by atoms with van der Waals surface area (Å²) in [6.45, 7) is 6.39. The Morgan fingerprint density at radius 1 is 1.27 bits per heavy atom. The van der Waals surface area contributed by atoms with Gasteiger partial charge in [0.05, 0.1) is 6.10 Å². The summed E-state index contributed by atoms with van der Waals surface area (Å²) in [5.41, 5.74) is 0. The summed E-state index contributed by atoms with van der Waals surface area (Å²) in [6.07, 6.45) is 3.39. The molecule has 0 amide bonds. The first-order chi connectivity index (χ1) is 4.81. The van der Waals surface area contributed by atoms with Gasteiger partial charge in [-0.3, -0.25) is 0 Å². The van der Waals surface area contributed by atoms with Crippen molar-refractivity contribution in [1.82, 2.24) is 5.32 Å². The molecule has 3 heteroatoms. The van der Waals surface area contributed by atoms with Gasteiger partial charge in [-0.15, -0.1) is 0 Å². The van der Waals surface area contributed by atoms with Gasteiger partial charge in [-0.1, -0.05) is 13.8 Å². The van der Waals surface area contributed by atoms with Crippen LogP contribution in [0.25, 0.3) is 0 Å². The molecule has 1 saturated carbocycles. The third-order valence-electron chi connectivity index (χ3n) is 1.57. The summed E-state index contributed by atoms with van der Waals surface area (Å²) >= 11 is 0. The van der Waals surface area contributed by atoms with E-state index < -0.39 is 0 Å². The van der Waals surface area contributed by atoms with Crippen LogP contribution in [0.4, 0.5) is 0 Å². The van der Waals surface area contributed by atoms with Gasteiger partial charge in [0, 0.05) is 0 Å². The molecule has 0 unspecified atom stereocenters. The molecule has 0 aromatic heterocycles. The second kappa shape index (κ2) is 10.5. The monoisotopic (exact) mass is 175 g/mol. The van der Waals surface area contributed by atoms with Crippen molar-refractivity contribution in [3.63, 3.8) is 0 Å². The van der Waals surface area contributed by atoms with Crippen molar-refractivity contribution in [1.29, 1.82) is 0 Å². The van der Waals surface area contributed by atoms with E-state index in [2.05, 4.69) is 19.2 Å². The second-order valence-corrected chi connectivity index (χ2v) is 2.54. The Morgan fingerprint density at radius 3 is 1.64 bits per heavy atom. The highest BCUT2D eigenvalue weighted by molar-refractivity contribution is 5.75. The third kappa shape index (κ3) is 10.5. The lowest BCUT2D eigenvalue weighted by molar-refractivity contribution is 0.0950. The Morgan fingerprint density at radius 2 is 1.64 bits per heavy atom. The van der Waals surface area contributed by atoms with Gasteiger partial charge < -0.3 is 10.4 Å². The smallest absolute Gasteiger partial charge is 0.187 e. The van der Waals surface area contributed by atoms with E-state index in [1.54, 1.807) is 0 Å². The molecule has 1 aliphatic carbocycles. The van der Waals surface area contributed by atoms with E-state index in [-0.39, 0.29) is 23.5 Å². The fourth-order valence-electron chi connectivity index (χ4n) is 0.637. The van der Waals surface area contributed by atoms with Crippen molar-refractivity contribution in [3.8, 4) is 0 Å². The summed E-state index contributed by atoms with van der Waals surface area (Å²) in [7, 11) is 0. The molecule has 68 valence electrons. The van der Waals surface area contributed by atoms with Crippen LogP contribution in [0.3, 0.4) is 0 Å². The Hall–Kier alpha value is 0.452. The van der Waals surface area contributed by atoms with Crippen molar-refractivity contribution in [3.05, 3.63) is 0 Å². The number of nitrogens with one attached hydrogen (secondary N) is 1. The molecule has 0 bridgehead atoms. The van der Waals surface area contributed by atoms with Gasteiger partial charge in [-0.25, -0.2) is 0 Å².